The van der Waals surface area contributed by atoms with Crippen LogP contribution in [0.4, 0.5) is 0 Å². The molecule has 0 bridgehead atoms. The molecule has 0 spiro atoms. The first-order chi connectivity index (χ1) is 6.09. The van der Waals surface area contributed by atoms with Crippen LogP contribution in [0.25, 0.3) is 0 Å². The van der Waals surface area contributed by atoms with Gasteiger partial charge in [-0.3, -0.25) is 9.59 Å². The van der Waals surface area contributed by atoms with E-state index in [1.54, 1.807) is 0 Å². The number of primary amides is 1. The summed E-state index contributed by atoms with van der Waals surface area (Å²) < 4.78 is 0. The minimum absolute atomic E-state index is 0.0903. The van der Waals surface area contributed by atoms with Gasteiger partial charge < -0.3 is 11.1 Å². The molecule has 1 rings (SSSR count). The maximum Gasteiger partial charge on any atom is 0.220 e. The fourth-order valence-corrected chi connectivity index (χ4v) is 1.78. The molecule has 1 heterocycles. The average Bonchev–Trinajstić information content (AvgIpc) is 2.03. The topological polar surface area (TPSA) is 72.2 Å². The van der Waals surface area contributed by atoms with E-state index in [0.29, 0.717) is 18.8 Å². The zero-order valence-corrected chi connectivity index (χ0v) is 7.88. The Kier molecular flexibility index (Phi) is 3.28. The molecule has 4 heteroatoms. The molecule has 4 nitrogen and oxygen atoms in total. The Morgan fingerprint density at radius 3 is 3.00 bits per heavy atom. The number of amides is 2. The molecule has 0 aromatic rings. The van der Waals surface area contributed by atoms with Crippen LogP contribution in [0.5, 0.6) is 0 Å². The first kappa shape index (κ1) is 10.0. The van der Waals surface area contributed by atoms with E-state index in [2.05, 4.69) is 5.32 Å². The van der Waals surface area contributed by atoms with Gasteiger partial charge in [-0.2, -0.15) is 0 Å². The second-order valence-corrected chi connectivity index (χ2v) is 3.75. The summed E-state index contributed by atoms with van der Waals surface area (Å²) in [5, 5.41) is 2.77. The summed E-state index contributed by atoms with van der Waals surface area (Å²) in [4.78, 5) is 21.7. The lowest BCUT2D eigenvalue weighted by atomic mass is 9.84. The molecule has 1 aliphatic heterocycles. The number of carbonyl (C=O) groups excluding carboxylic acids is 2. The lowest BCUT2D eigenvalue weighted by Gasteiger charge is -2.26. The average molecular weight is 184 g/mol. The van der Waals surface area contributed by atoms with E-state index in [0.717, 1.165) is 13.0 Å². The van der Waals surface area contributed by atoms with Crippen LogP contribution in [0.15, 0.2) is 0 Å². The largest absolute Gasteiger partial charge is 0.370 e. The van der Waals surface area contributed by atoms with Gasteiger partial charge in [-0.25, -0.2) is 0 Å². The zero-order valence-electron chi connectivity index (χ0n) is 7.88. The lowest BCUT2D eigenvalue weighted by Crippen LogP contribution is -2.36. The molecule has 74 valence electrons. The van der Waals surface area contributed by atoms with E-state index in [1.165, 1.54) is 0 Å². The fraction of sp³-hybridized carbons (Fsp3) is 0.778. The number of nitrogens with two attached hydrogens (primary N) is 1. The molecule has 13 heavy (non-hydrogen) atoms. The van der Waals surface area contributed by atoms with Gasteiger partial charge >= 0.3 is 0 Å². The van der Waals surface area contributed by atoms with E-state index in [4.69, 9.17) is 5.73 Å². The van der Waals surface area contributed by atoms with Crippen molar-refractivity contribution < 1.29 is 9.59 Å². The van der Waals surface area contributed by atoms with Gasteiger partial charge in [-0.15, -0.1) is 0 Å². The number of rotatable bonds is 3. The molecular weight excluding hydrogens is 168 g/mol. The summed E-state index contributed by atoms with van der Waals surface area (Å²) in [5.74, 6) is 0.357. The van der Waals surface area contributed by atoms with Crippen molar-refractivity contribution in [3.05, 3.63) is 0 Å². The van der Waals surface area contributed by atoms with Gasteiger partial charge in [-0.05, 0) is 18.3 Å². The van der Waals surface area contributed by atoms with E-state index in [9.17, 15) is 9.59 Å². The van der Waals surface area contributed by atoms with Crippen molar-refractivity contribution in [3.63, 3.8) is 0 Å². The van der Waals surface area contributed by atoms with Crippen molar-refractivity contribution in [1.82, 2.24) is 5.32 Å². The van der Waals surface area contributed by atoms with Gasteiger partial charge in [0.05, 0.1) is 0 Å². The molecule has 0 aromatic heterocycles. The molecule has 2 atom stereocenters. The van der Waals surface area contributed by atoms with Crippen molar-refractivity contribution in [3.8, 4) is 0 Å². The second kappa shape index (κ2) is 4.25. The third-order valence-corrected chi connectivity index (χ3v) is 2.61. The Morgan fingerprint density at radius 1 is 1.77 bits per heavy atom. The Labute approximate surface area is 77.9 Å². The van der Waals surface area contributed by atoms with Crippen LogP contribution in [-0.2, 0) is 9.59 Å². The molecule has 3 N–H and O–H groups in total. The van der Waals surface area contributed by atoms with Crippen molar-refractivity contribution >= 4 is 11.8 Å². The molecular formula is C9H16N2O2. The van der Waals surface area contributed by atoms with Crippen LogP contribution in [0.2, 0.25) is 0 Å². The SMILES string of the molecule is CC(CC(N)=O)C1CCNC(=O)C1. The molecule has 1 saturated heterocycles. The Hall–Kier alpha value is -1.06. The van der Waals surface area contributed by atoms with E-state index in [-0.39, 0.29) is 17.7 Å². The zero-order chi connectivity index (χ0) is 9.84. The molecule has 2 amide bonds. The summed E-state index contributed by atoms with van der Waals surface area (Å²) in [6.07, 6.45) is 1.88. The molecule has 0 aromatic carbocycles. The molecule has 1 fully saturated rings. The van der Waals surface area contributed by atoms with Gasteiger partial charge in [0.2, 0.25) is 11.8 Å². The Bertz CT molecular complexity index is 216. The summed E-state index contributed by atoms with van der Waals surface area (Å²) in [5.41, 5.74) is 5.10. The second-order valence-electron chi connectivity index (χ2n) is 3.75. The van der Waals surface area contributed by atoms with Crippen LogP contribution >= 0.6 is 0 Å². The highest BCUT2D eigenvalue weighted by atomic mass is 16.2. The van der Waals surface area contributed by atoms with Gasteiger partial charge in [0.15, 0.2) is 0 Å². The molecule has 2 unspecified atom stereocenters. The van der Waals surface area contributed by atoms with Crippen LogP contribution in [0.3, 0.4) is 0 Å². The van der Waals surface area contributed by atoms with Gasteiger partial charge in [0, 0.05) is 19.4 Å². The summed E-state index contributed by atoms with van der Waals surface area (Å²) in [6.45, 7) is 2.71. The monoisotopic (exact) mass is 184 g/mol. The lowest BCUT2D eigenvalue weighted by molar-refractivity contribution is -0.125. The number of nitrogens with one attached hydrogen (secondary N) is 1. The molecule has 1 aliphatic rings. The highest BCUT2D eigenvalue weighted by Gasteiger charge is 2.24. The highest BCUT2D eigenvalue weighted by molar-refractivity contribution is 5.77. The highest BCUT2D eigenvalue weighted by Crippen LogP contribution is 2.24. The van der Waals surface area contributed by atoms with E-state index >= 15 is 0 Å². The minimum atomic E-state index is -0.279. The first-order valence-electron chi connectivity index (χ1n) is 4.64. The summed E-state index contributed by atoms with van der Waals surface area (Å²) in [6, 6.07) is 0. The standard InChI is InChI=1S/C9H16N2O2/c1-6(4-8(10)12)7-2-3-11-9(13)5-7/h6-7H,2-5H2,1H3,(H2,10,12)(H,11,13). The number of carbonyl (C=O) groups is 2. The normalized spacial score (nSPS) is 25.0. The van der Waals surface area contributed by atoms with Gasteiger partial charge in [-0.1, -0.05) is 6.92 Å². The summed E-state index contributed by atoms with van der Waals surface area (Å²) in [7, 11) is 0. The Morgan fingerprint density at radius 2 is 2.46 bits per heavy atom. The predicted octanol–water partition coefficient (Wildman–Crippen LogP) is 0.0241. The summed E-state index contributed by atoms with van der Waals surface area (Å²) >= 11 is 0. The van der Waals surface area contributed by atoms with Crippen LogP contribution in [0.1, 0.15) is 26.2 Å². The van der Waals surface area contributed by atoms with E-state index < -0.39 is 0 Å². The number of piperidine rings is 1. The first-order valence-corrected chi connectivity index (χ1v) is 4.64. The molecule has 0 saturated carbocycles. The maximum absolute atomic E-state index is 11.0. The third kappa shape index (κ3) is 3.05. The quantitative estimate of drug-likeness (QED) is 0.649. The smallest absolute Gasteiger partial charge is 0.220 e. The van der Waals surface area contributed by atoms with Crippen LogP contribution in [0, 0.1) is 11.8 Å². The van der Waals surface area contributed by atoms with Crippen molar-refractivity contribution in [2.24, 2.45) is 17.6 Å². The predicted molar refractivity (Wildman–Crippen MR) is 48.7 cm³/mol. The molecule has 0 radical (unpaired) electrons. The maximum atomic E-state index is 11.0. The van der Waals surface area contributed by atoms with Crippen molar-refractivity contribution in [2.45, 2.75) is 26.2 Å². The third-order valence-electron chi connectivity index (χ3n) is 2.61. The van der Waals surface area contributed by atoms with E-state index in [1.807, 2.05) is 6.92 Å². The van der Waals surface area contributed by atoms with Crippen molar-refractivity contribution in [2.75, 3.05) is 6.54 Å². The van der Waals surface area contributed by atoms with Crippen LogP contribution < -0.4 is 11.1 Å². The van der Waals surface area contributed by atoms with Crippen LogP contribution in [-0.4, -0.2) is 18.4 Å². The fourth-order valence-electron chi connectivity index (χ4n) is 1.78. The van der Waals surface area contributed by atoms with Gasteiger partial charge in [0.1, 0.15) is 0 Å². The van der Waals surface area contributed by atoms with Crippen molar-refractivity contribution in [1.29, 1.82) is 0 Å². The van der Waals surface area contributed by atoms with Gasteiger partial charge in [0.25, 0.3) is 0 Å². The molecule has 0 aliphatic carbocycles. The minimum Gasteiger partial charge on any atom is -0.370 e. The number of hydrogen-bond acceptors (Lipinski definition) is 2. The Balaban J connectivity index is 2.41. The number of hydrogen-bond donors (Lipinski definition) is 2.